The number of hydrogen-bond donors (Lipinski definition) is 2. The number of aliphatic hydroxyl groups is 1. The van der Waals surface area contributed by atoms with Crippen molar-refractivity contribution in [3.05, 3.63) is 82.4 Å². The molecule has 0 bridgehead atoms. The summed E-state index contributed by atoms with van der Waals surface area (Å²) in [6.07, 6.45) is 0.826. The average Bonchev–Trinajstić information content (AvgIpc) is 2.75. The number of amides is 1. The minimum Gasteiger partial charge on any atom is -0.393 e. The molecule has 0 aliphatic carbocycles. The van der Waals surface area contributed by atoms with Crippen molar-refractivity contribution in [2.75, 3.05) is 0 Å². The molecule has 3 rings (SSSR count). The highest BCUT2D eigenvalue weighted by Gasteiger charge is 2.22. The lowest BCUT2D eigenvalue weighted by molar-refractivity contribution is 0.0918. The van der Waals surface area contributed by atoms with Crippen molar-refractivity contribution >= 4 is 22.5 Å². The van der Waals surface area contributed by atoms with Crippen LogP contribution in [-0.2, 0) is 18.3 Å². The maximum atomic E-state index is 13.3. The molecule has 3 aromatic carbocycles. The summed E-state index contributed by atoms with van der Waals surface area (Å²) in [7, 11) is 0. The molecule has 0 saturated carbocycles. The molecule has 0 spiro atoms. The van der Waals surface area contributed by atoms with Crippen molar-refractivity contribution in [3.8, 4) is 0 Å². The van der Waals surface area contributed by atoms with Gasteiger partial charge in [0.2, 0.25) is 0 Å². The average molecular weight is 474 g/mol. The van der Waals surface area contributed by atoms with Gasteiger partial charge in [0.25, 0.3) is 5.91 Å². The van der Waals surface area contributed by atoms with Crippen LogP contribution < -0.4 is 5.32 Å². The fourth-order valence-electron chi connectivity index (χ4n) is 4.42. The summed E-state index contributed by atoms with van der Waals surface area (Å²) in [6.45, 7) is 13.9. The predicted octanol–water partition coefficient (Wildman–Crippen LogP) is 6.40. The van der Waals surface area contributed by atoms with Gasteiger partial charge in [-0.25, -0.2) is 0 Å². The van der Waals surface area contributed by atoms with Gasteiger partial charge in [0.15, 0.2) is 5.78 Å². The first-order chi connectivity index (χ1) is 16.3. The van der Waals surface area contributed by atoms with Crippen LogP contribution in [0.4, 0.5) is 0 Å². The topological polar surface area (TPSA) is 66.4 Å². The quantitative estimate of drug-likeness (QED) is 0.390. The Labute approximate surface area is 209 Å². The molecule has 1 amide bonds. The summed E-state index contributed by atoms with van der Waals surface area (Å²) < 4.78 is 0. The zero-order valence-corrected chi connectivity index (χ0v) is 22.2. The Morgan fingerprint density at radius 2 is 1.57 bits per heavy atom. The van der Waals surface area contributed by atoms with Crippen molar-refractivity contribution in [1.29, 1.82) is 0 Å². The van der Waals surface area contributed by atoms with Gasteiger partial charge in [-0.2, -0.15) is 0 Å². The zero-order valence-electron chi connectivity index (χ0n) is 22.2. The first kappa shape index (κ1) is 26.6. The number of hydrogen-bond acceptors (Lipinski definition) is 3. The number of ketones is 1. The van der Waals surface area contributed by atoms with Crippen LogP contribution in [0.3, 0.4) is 0 Å². The molecule has 0 aliphatic rings. The van der Waals surface area contributed by atoms with E-state index in [4.69, 9.17) is 0 Å². The van der Waals surface area contributed by atoms with Gasteiger partial charge in [0, 0.05) is 11.1 Å². The third kappa shape index (κ3) is 6.79. The lowest BCUT2D eigenvalue weighted by Gasteiger charge is -2.23. The van der Waals surface area contributed by atoms with Gasteiger partial charge in [-0.05, 0) is 85.9 Å². The Morgan fingerprint density at radius 1 is 0.914 bits per heavy atom. The number of aryl methyl sites for hydroxylation is 1. The summed E-state index contributed by atoms with van der Waals surface area (Å²) in [5.41, 5.74) is 3.84. The van der Waals surface area contributed by atoms with Gasteiger partial charge in [0.05, 0.1) is 11.7 Å². The second-order valence-electron chi connectivity index (χ2n) is 11.6. The van der Waals surface area contributed by atoms with Crippen molar-refractivity contribution in [2.45, 2.75) is 84.8 Å². The lowest BCUT2D eigenvalue weighted by atomic mass is 9.84. The Morgan fingerprint density at radius 3 is 2.20 bits per heavy atom. The molecule has 35 heavy (non-hydrogen) atoms. The fraction of sp³-hybridized carbons (Fsp3) is 0.419. The van der Waals surface area contributed by atoms with Crippen LogP contribution in [0, 0.1) is 0 Å². The summed E-state index contributed by atoms with van der Waals surface area (Å²) in [5.74, 6) is -0.0932. The monoisotopic (exact) mass is 473 g/mol. The molecule has 0 aliphatic heterocycles. The third-order valence-electron chi connectivity index (χ3n) is 6.29. The van der Waals surface area contributed by atoms with E-state index in [2.05, 4.69) is 32.2 Å². The predicted molar refractivity (Wildman–Crippen MR) is 144 cm³/mol. The highest BCUT2D eigenvalue weighted by atomic mass is 16.3. The number of nitrogens with one attached hydrogen (secondary N) is 1. The minimum atomic E-state index is -0.639. The molecule has 0 saturated heterocycles. The number of aliphatic hydroxyl groups excluding tert-OH is 1. The van der Waals surface area contributed by atoms with Crippen LogP contribution in [0.5, 0.6) is 0 Å². The van der Waals surface area contributed by atoms with Gasteiger partial charge in [-0.1, -0.05) is 69.3 Å². The van der Waals surface area contributed by atoms with E-state index in [1.807, 2.05) is 69.3 Å². The van der Waals surface area contributed by atoms with Crippen LogP contribution in [0.15, 0.2) is 54.6 Å². The molecule has 0 aromatic heterocycles. The second-order valence-corrected chi connectivity index (χ2v) is 11.6. The van der Waals surface area contributed by atoms with Crippen LogP contribution in [0.1, 0.15) is 92.3 Å². The first-order valence-corrected chi connectivity index (χ1v) is 12.4. The van der Waals surface area contributed by atoms with Crippen molar-refractivity contribution in [1.82, 2.24) is 5.32 Å². The molecule has 2 N–H and O–H groups in total. The van der Waals surface area contributed by atoms with Crippen LogP contribution in [-0.4, -0.2) is 28.4 Å². The van der Waals surface area contributed by atoms with E-state index in [-0.39, 0.29) is 22.6 Å². The highest BCUT2D eigenvalue weighted by molar-refractivity contribution is 6.08. The van der Waals surface area contributed by atoms with Gasteiger partial charge in [-0.15, -0.1) is 0 Å². The second kappa shape index (κ2) is 10.3. The number of fused-ring (bicyclic) bond motifs is 1. The molecule has 4 heteroatoms. The number of carbonyl (C=O) groups is 2. The zero-order chi connectivity index (χ0) is 26.0. The number of benzene rings is 3. The first-order valence-electron chi connectivity index (χ1n) is 12.4. The standard InChI is InChI=1S/C31H39NO3/c1-20(33)27-19-24(30(2,3)4)16-14-22(27)15-17-25(34)18-23-13-12-21-10-8-9-11-26(21)28(23)29(35)32-31(5,6)7/h8-14,16,19,25,34H,15,17-18H2,1-7H3,(H,32,35). The molecule has 4 nitrogen and oxygen atoms in total. The van der Waals surface area contributed by atoms with Gasteiger partial charge in [-0.3, -0.25) is 9.59 Å². The molecular formula is C31H39NO3. The van der Waals surface area contributed by atoms with Gasteiger partial charge in [0.1, 0.15) is 0 Å². The minimum absolute atomic E-state index is 0.0382. The SMILES string of the molecule is CC(=O)c1cc(C(C)(C)C)ccc1CCC(O)Cc1ccc2ccccc2c1C(=O)NC(C)(C)C. The maximum Gasteiger partial charge on any atom is 0.252 e. The number of rotatable bonds is 7. The van der Waals surface area contributed by atoms with Crippen LogP contribution >= 0.6 is 0 Å². The normalized spacial score (nSPS) is 13.0. The number of carbonyl (C=O) groups excluding carboxylic acids is 2. The molecule has 0 heterocycles. The maximum absolute atomic E-state index is 13.3. The molecule has 1 unspecified atom stereocenters. The molecule has 186 valence electrons. The summed E-state index contributed by atoms with van der Waals surface area (Å²) in [5, 5.41) is 15.9. The molecule has 0 radical (unpaired) electrons. The summed E-state index contributed by atoms with van der Waals surface area (Å²) in [6, 6.07) is 17.9. The third-order valence-corrected chi connectivity index (χ3v) is 6.29. The van der Waals surface area contributed by atoms with Crippen molar-refractivity contribution < 1.29 is 14.7 Å². The highest BCUT2D eigenvalue weighted by Crippen LogP contribution is 2.27. The lowest BCUT2D eigenvalue weighted by Crippen LogP contribution is -2.41. The largest absolute Gasteiger partial charge is 0.393 e. The van der Waals surface area contributed by atoms with E-state index in [0.29, 0.717) is 24.8 Å². The van der Waals surface area contributed by atoms with E-state index in [9.17, 15) is 14.7 Å². The van der Waals surface area contributed by atoms with E-state index in [1.54, 1.807) is 6.92 Å². The van der Waals surface area contributed by atoms with E-state index in [0.717, 1.165) is 33.0 Å². The van der Waals surface area contributed by atoms with E-state index < -0.39 is 6.10 Å². The summed E-state index contributed by atoms with van der Waals surface area (Å²) >= 11 is 0. The molecule has 0 fully saturated rings. The molecule has 1 atom stereocenters. The Kier molecular flexibility index (Phi) is 7.86. The van der Waals surface area contributed by atoms with Crippen molar-refractivity contribution in [2.24, 2.45) is 0 Å². The summed E-state index contributed by atoms with van der Waals surface area (Å²) in [4.78, 5) is 25.6. The smallest absolute Gasteiger partial charge is 0.252 e. The fourth-order valence-corrected chi connectivity index (χ4v) is 4.42. The molecule has 3 aromatic rings. The van der Waals surface area contributed by atoms with Crippen molar-refractivity contribution in [3.63, 3.8) is 0 Å². The Balaban J connectivity index is 1.84. The van der Waals surface area contributed by atoms with E-state index in [1.165, 1.54) is 0 Å². The van der Waals surface area contributed by atoms with E-state index >= 15 is 0 Å². The Bertz CT molecular complexity index is 1230. The van der Waals surface area contributed by atoms with Crippen LogP contribution in [0.25, 0.3) is 10.8 Å². The van der Waals surface area contributed by atoms with Gasteiger partial charge >= 0.3 is 0 Å². The molecular weight excluding hydrogens is 434 g/mol. The number of Topliss-reactive ketones (excluding diaryl/α,β-unsaturated/α-hetero) is 1. The Hall–Kier alpha value is -2.98. The van der Waals surface area contributed by atoms with Crippen LogP contribution in [0.2, 0.25) is 0 Å². The van der Waals surface area contributed by atoms with Gasteiger partial charge < -0.3 is 10.4 Å².